The van der Waals surface area contributed by atoms with Crippen LogP contribution in [0.15, 0.2) is 24.7 Å². The molecule has 2 N–H and O–H groups in total. The topological polar surface area (TPSA) is 95.9 Å². The smallest absolute Gasteiger partial charge is 0.356 e. The van der Waals surface area contributed by atoms with Gasteiger partial charge < -0.3 is 10.5 Å². The number of aromatic nitrogens is 4. The van der Waals surface area contributed by atoms with Crippen LogP contribution >= 0.6 is 12.2 Å². The highest BCUT2D eigenvalue weighted by molar-refractivity contribution is 7.80. The van der Waals surface area contributed by atoms with E-state index in [0.717, 1.165) is 0 Å². The molecule has 0 saturated heterocycles. The lowest BCUT2D eigenvalue weighted by Crippen LogP contribution is -2.12. The van der Waals surface area contributed by atoms with Gasteiger partial charge in [-0.2, -0.15) is 0 Å². The first-order chi connectivity index (χ1) is 8.61. The summed E-state index contributed by atoms with van der Waals surface area (Å²) in [6, 6.07) is 3.20. The van der Waals surface area contributed by atoms with Crippen LogP contribution in [0.3, 0.4) is 0 Å². The van der Waals surface area contributed by atoms with Gasteiger partial charge in [-0.05, 0) is 12.1 Å². The molecule has 0 fully saturated rings. The minimum Gasteiger partial charge on any atom is -0.464 e. The van der Waals surface area contributed by atoms with E-state index in [-0.39, 0.29) is 16.5 Å². The van der Waals surface area contributed by atoms with E-state index in [2.05, 4.69) is 19.8 Å². The standard InChI is InChI=1S/C10H9N5O2S/c1-17-10(16)7-4-6(2-3-12-7)15-5-13-9(14-15)8(11)18/h2-5H,1H3,(H2,11,18). The third-order valence-corrected chi connectivity index (χ3v) is 2.30. The van der Waals surface area contributed by atoms with Crippen molar-refractivity contribution >= 4 is 23.2 Å². The summed E-state index contributed by atoms with van der Waals surface area (Å²) in [5.41, 5.74) is 6.21. The Labute approximate surface area is 108 Å². The summed E-state index contributed by atoms with van der Waals surface area (Å²) in [4.78, 5) is 19.3. The first kappa shape index (κ1) is 12.1. The molecule has 0 aromatic carbocycles. The second kappa shape index (κ2) is 4.88. The molecular weight excluding hydrogens is 254 g/mol. The summed E-state index contributed by atoms with van der Waals surface area (Å²) >= 11 is 4.76. The number of nitrogens with zero attached hydrogens (tertiary/aromatic N) is 4. The van der Waals surface area contributed by atoms with Gasteiger partial charge in [0, 0.05) is 6.20 Å². The number of hydrogen-bond donors (Lipinski definition) is 1. The van der Waals surface area contributed by atoms with Crippen molar-refractivity contribution in [3.05, 3.63) is 36.2 Å². The lowest BCUT2D eigenvalue weighted by Gasteiger charge is -2.02. The fourth-order valence-corrected chi connectivity index (χ4v) is 1.37. The molecule has 2 rings (SSSR count). The number of carbonyl (C=O) groups is 1. The van der Waals surface area contributed by atoms with Crippen LogP contribution < -0.4 is 5.73 Å². The van der Waals surface area contributed by atoms with Crippen molar-refractivity contribution in [3.8, 4) is 5.69 Å². The Hall–Kier alpha value is -2.35. The summed E-state index contributed by atoms with van der Waals surface area (Å²) in [6.07, 6.45) is 2.93. The molecule has 8 heteroatoms. The summed E-state index contributed by atoms with van der Waals surface area (Å²) in [5, 5.41) is 4.07. The summed E-state index contributed by atoms with van der Waals surface area (Å²) in [5.74, 6) is -0.257. The Kier molecular flexibility index (Phi) is 3.28. The summed E-state index contributed by atoms with van der Waals surface area (Å²) < 4.78 is 6.03. The molecule has 2 heterocycles. The van der Waals surface area contributed by atoms with Crippen molar-refractivity contribution in [1.29, 1.82) is 0 Å². The number of carbonyl (C=O) groups excluding carboxylic acids is 1. The van der Waals surface area contributed by atoms with E-state index < -0.39 is 5.97 Å². The van der Waals surface area contributed by atoms with E-state index in [9.17, 15) is 4.79 Å². The molecule has 7 nitrogen and oxygen atoms in total. The maximum Gasteiger partial charge on any atom is 0.356 e. The Morgan fingerprint density at radius 2 is 2.28 bits per heavy atom. The molecule has 0 amide bonds. The first-order valence-corrected chi connectivity index (χ1v) is 5.29. The van der Waals surface area contributed by atoms with Gasteiger partial charge in [0.15, 0.2) is 0 Å². The highest BCUT2D eigenvalue weighted by Crippen LogP contribution is 2.08. The molecule has 0 spiro atoms. The predicted octanol–water partition coefficient (Wildman–Crippen LogP) is 0.0831. The zero-order chi connectivity index (χ0) is 13.1. The van der Waals surface area contributed by atoms with Crippen molar-refractivity contribution < 1.29 is 9.53 Å². The minimum absolute atomic E-state index is 0.107. The van der Waals surface area contributed by atoms with Crippen molar-refractivity contribution in [2.24, 2.45) is 5.73 Å². The fraction of sp³-hybridized carbons (Fsp3) is 0.100. The van der Waals surface area contributed by atoms with Crippen LogP contribution in [0.25, 0.3) is 5.69 Å². The SMILES string of the molecule is COC(=O)c1cc(-n2cnc(C(N)=S)n2)ccn1. The second-order valence-electron chi connectivity index (χ2n) is 3.27. The third-order valence-electron chi connectivity index (χ3n) is 2.11. The molecule has 0 aliphatic rings. The molecule has 0 radical (unpaired) electrons. The Balaban J connectivity index is 2.38. The monoisotopic (exact) mass is 263 g/mol. The number of methoxy groups -OCH3 is 1. The van der Waals surface area contributed by atoms with Crippen molar-refractivity contribution in [2.45, 2.75) is 0 Å². The zero-order valence-electron chi connectivity index (χ0n) is 9.40. The highest BCUT2D eigenvalue weighted by atomic mass is 32.1. The predicted molar refractivity (Wildman–Crippen MR) is 66.4 cm³/mol. The number of pyridine rings is 1. The van der Waals surface area contributed by atoms with Gasteiger partial charge in [-0.1, -0.05) is 12.2 Å². The molecule has 0 aliphatic carbocycles. The number of thiocarbonyl (C=S) groups is 1. The van der Waals surface area contributed by atoms with Gasteiger partial charge in [0.1, 0.15) is 17.0 Å². The lowest BCUT2D eigenvalue weighted by molar-refractivity contribution is 0.0594. The third kappa shape index (κ3) is 2.33. The number of rotatable bonds is 3. The normalized spacial score (nSPS) is 10.1. The van der Waals surface area contributed by atoms with E-state index in [1.54, 1.807) is 6.07 Å². The molecule has 2 aromatic rings. The highest BCUT2D eigenvalue weighted by Gasteiger charge is 2.10. The van der Waals surface area contributed by atoms with Crippen LogP contribution in [-0.4, -0.2) is 37.8 Å². The molecule has 2 aromatic heterocycles. The Morgan fingerprint density at radius 3 is 2.89 bits per heavy atom. The van der Waals surface area contributed by atoms with Crippen molar-refractivity contribution in [1.82, 2.24) is 19.7 Å². The molecule has 92 valence electrons. The summed E-state index contributed by atoms with van der Waals surface area (Å²) in [6.45, 7) is 0. The van der Waals surface area contributed by atoms with E-state index in [1.807, 2.05) is 0 Å². The molecule has 0 atom stereocenters. The van der Waals surface area contributed by atoms with Gasteiger partial charge in [0.05, 0.1) is 12.8 Å². The van der Waals surface area contributed by atoms with E-state index >= 15 is 0 Å². The van der Waals surface area contributed by atoms with Crippen molar-refractivity contribution in [3.63, 3.8) is 0 Å². The van der Waals surface area contributed by atoms with Crippen molar-refractivity contribution in [2.75, 3.05) is 7.11 Å². The molecule has 0 unspecified atom stereocenters. The number of ether oxygens (including phenoxy) is 1. The molecule has 18 heavy (non-hydrogen) atoms. The number of esters is 1. The number of nitrogens with two attached hydrogens (primary N) is 1. The maximum absolute atomic E-state index is 11.3. The number of hydrogen-bond acceptors (Lipinski definition) is 6. The fourth-order valence-electron chi connectivity index (χ4n) is 1.28. The first-order valence-electron chi connectivity index (χ1n) is 4.88. The second-order valence-corrected chi connectivity index (χ2v) is 3.71. The lowest BCUT2D eigenvalue weighted by atomic mass is 10.3. The maximum atomic E-state index is 11.3. The zero-order valence-corrected chi connectivity index (χ0v) is 10.2. The molecule has 0 bridgehead atoms. The van der Waals surface area contributed by atoms with Gasteiger partial charge in [0.25, 0.3) is 0 Å². The molecule has 0 saturated carbocycles. The Bertz CT molecular complexity index is 610. The largest absolute Gasteiger partial charge is 0.464 e. The minimum atomic E-state index is -0.522. The molecule has 0 aliphatic heterocycles. The summed E-state index contributed by atoms with van der Waals surface area (Å²) in [7, 11) is 1.29. The molecular formula is C10H9N5O2S. The van der Waals surface area contributed by atoms with Gasteiger partial charge in [0.2, 0.25) is 5.82 Å². The van der Waals surface area contributed by atoms with E-state index in [0.29, 0.717) is 5.69 Å². The van der Waals surface area contributed by atoms with Crippen LogP contribution in [0.2, 0.25) is 0 Å². The van der Waals surface area contributed by atoms with Gasteiger partial charge >= 0.3 is 5.97 Å². The van der Waals surface area contributed by atoms with E-state index in [1.165, 1.54) is 30.4 Å². The van der Waals surface area contributed by atoms with E-state index in [4.69, 9.17) is 18.0 Å². The van der Waals surface area contributed by atoms with Gasteiger partial charge in [-0.15, -0.1) is 5.10 Å². The van der Waals surface area contributed by atoms with Crippen LogP contribution in [0.1, 0.15) is 16.3 Å². The van der Waals surface area contributed by atoms with Gasteiger partial charge in [-0.25, -0.2) is 19.4 Å². The van der Waals surface area contributed by atoms with Crippen LogP contribution in [0.4, 0.5) is 0 Å². The average Bonchev–Trinajstić information content (AvgIpc) is 2.88. The Morgan fingerprint density at radius 1 is 1.50 bits per heavy atom. The van der Waals surface area contributed by atoms with Crippen LogP contribution in [-0.2, 0) is 4.74 Å². The van der Waals surface area contributed by atoms with Gasteiger partial charge in [-0.3, -0.25) is 0 Å². The average molecular weight is 263 g/mol. The van der Waals surface area contributed by atoms with Crippen LogP contribution in [0, 0.1) is 0 Å². The quantitative estimate of drug-likeness (QED) is 0.619. The van der Waals surface area contributed by atoms with Crippen LogP contribution in [0.5, 0.6) is 0 Å².